The van der Waals surface area contributed by atoms with Crippen LogP contribution in [-0.2, 0) is 14.4 Å². The number of rotatable bonds is 8. The summed E-state index contributed by atoms with van der Waals surface area (Å²) in [5, 5.41) is 17.5. The fourth-order valence-electron chi connectivity index (χ4n) is 1.25. The summed E-state index contributed by atoms with van der Waals surface area (Å²) < 4.78 is 0. The van der Waals surface area contributed by atoms with Gasteiger partial charge in [0.2, 0.25) is 0 Å². The maximum Gasteiger partial charge on any atom is 0.331 e. The molecule has 0 saturated heterocycles. The van der Waals surface area contributed by atoms with Crippen molar-refractivity contribution >= 4 is 17.5 Å². The van der Waals surface area contributed by atoms with E-state index in [4.69, 9.17) is 15.9 Å². The number of carboxylic acid groups (broad SMARTS) is 1. The Bertz CT molecular complexity index is 289. The lowest BCUT2D eigenvalue weighted by Crippen LogP contribution is -2.56. The highest BCUT2D eigenvalue weighted by Gasteiger charge is 2.41. The molecule has 4 N–H and O–H groups in total. The Kier molecular flexibility index (Phi) is 5.84. The van der Waals surface area contributed by atoms with Gasteiger partial charge in [-0.3, -0.25) is 9.59 Å². The van der Waals surface area contributed by atoms with E-state index >= 15 is 0 Å². The maximum atomic E-state index is 11.5. The van der Waals surface area contributed by atoms with E-state index < -0.39 is 30.3 Å². The van der Waals surface area contributed by atoms with Crippen LogP contribution in [0.15, 0.2) is 0 Å². The lowest BCUT2D eigenvalue weighted by Gasteiger charge is -2.21. The minimum absolute atomic E-state index is 0.223. The number of aliphatic carboxylic acids is 1. The second-order valence-electron chi connectivity index (χ2n) is 3.64. The van der Waals surface area contributed by atoms with Gasteiger partial charge in [-0.05, 0) is 6.42 Å². The highest BCUT2D eigenvalue weighted by Crippen LogP contribution is 2.12. The van der Waals surface area contributed by atoms with Crippen molar-refractivity contribution in [1.29, 1.82) is 0 Å². The molecule has 16 heavy (non-hydrogen) atoms. The van der Waals surface area contributed by atoms with Gasteiger partial charge in [0, 0.05) is 19.4 Å². The average molecular weight is 231 g/mol. The van der Waals surface area contributed by atoms with Crippen molar-refractivity contribution in [1.82, 2.24) is 0 Å². The van der Waals surface area contributed by atoms with Crippen LogP contribution in [0, 0.1) is 0 Å². The predicted octanol–water partition coefficient (Wildman–Crippen LogP) is -0.521. The number of hydrogen-bond acceptors (Lipinski definition) is 5. The van der Waals surface area contributed by atoms with Gasteiger partial charge in [0.25, 0.3) is 0 Å². The molecule has 0 spiro atoms. The SMILES string of the molecule is CCCC(=O)CC(=O)[C@](N)(CCO)C(=O)O. The van der Waals surface area contributed by atoms with Crippen molar-refractivity contribution < 1.29 is 24.6 Å². The quantitative estimate of drug-likeness (QED) is 0.484. The van der Waals surface area contributed by atoms with Gasteiger partial charge in [0.15, 0.2) is 11.3 Å². The summed E-state index contributed by atoms with van der Waals surface area (Å²) in [6.45, 7) is 1.26. The Morgan fingerprint density at radius 2 is 1.88 bits per heavy atom. The Morgan fingerprint density at radius 1 is 1.31 bits per heavy atom. The first-order chi connectivity index (χ1) is 7.38. The molecule has 0 radical (unpaired) electrons. The highest BCUT2D eigenvalue weighted by molar-refractivity contribution is 6.13. The number of hydrogen-bond donors (Lipinski definition) is 3. The van der Waals surface area contributed by atoms with Crippen LogP contribution in [0.5, 0.6) is 0 Å². The first-order valence-electron chi connectivity index (χ1n) is 5.06. The van der Waals surface area contributed by atoms with Gasteiger partial charge in [-0.1, -0.05) is 6.92 Å². The third-order valence-corrected chi connectivity index (χ3v) is 2.27. The van der Waals surface area contributed by atoms with Gasteiger partial charge >= 0.3 is 5.97 Å². The summed E-state index contributed by atoms with van der Waals surface area (Å²) >= 11 is 0. The number of nitrogens with two attached hydrogens (primary N) is 1. The molecule has 6 heteroatoms. The van der Waals surface area contributed by atoms with E-state index in [0.29, 0.717) is 6.42 Å². The van der Waals surface area contributed by atoms with Gasteiger partial charge in [-0.2, -0.15) is 0 Å². The van der Waals surface area contributed by atoms with E-state index in [0.717, 1.165) is 0 Å². The molecule has 0 aliphatic rings. The third kappa shape index (κ3) is 3.71. The molecular formula is C10H17NO5. The zero-order valence-electron chi connectivity index (χ0n) is 9.23. The molecule has 0 aromatic heterocycles. The first-order valence-corrected chi connectivity index (χ1v) is 5.06. The van der Waals surface area contributed by atoms with Crippen LogP contribution in [0.4, 0.5) is 0 Å². The topological polar surface area (TPSA) is 118 Å². The van der Waals surface area contributed by atoms with Gasteiger partial charge < -0.3 is 15.9 Å². The highest BCUT2D eigenvalue weighted by atomic mass is 16.4. The molecule has 0 unspecified atom stereocenters. The summed E-state index contributed by atoms with van der Waals surface area (Å²) in [6, 6.07) is 0. The number of carbonyl (C=O) groups excluding carboxylic acids is 2. The number of aliphatic hydroxyl groups is 1. The third-order valence-electron chi connectivity index (χ3n) is 2.27. The van der Waals surface area contributed by atoms with Gasteiger partial charge in [0.1, 0.15) is 5.78 Å². The van der Waals surface area contributed by atoms with Crippen molar-refractivity contribution in [2.75, 3.05) is 6.61 Å². The van der Waals surface area contributed by atoms with Gasteiger partial charge in [-0.15, -0.1) is 0 Å². The van der Waals surface area contributed by atoms with E-state index in [1.54, 1.807) is 6.92 Å². The molecule has 0 aliphatic heterocycles. The van der Waals surface area contributed by atoms with Crippen LogP contribution in [-0.4, -0.2) is 39.9 Å². The number of carbonyl (C=O) groups is 3. The molecule has 92 valence electrons. The summed E-state index contributed by atoms with van der Waals surface area (Å²) in [5.74, 6) is -2.70. The monoisotopic (exact) mass is 231 g/mol. The van der Waals surface area contributed by atoms with E-state index in [1.807, 2.05) is 0 Å². The van der Waals surface area contributed by atoms with Crippen LogP contribution >= 0.6 is 0 Å². The van der Waals surface area contributed by atoms with Crippen LogP contribution in [0.25, 0.3) is 0 Å². The fourth-order valence-corrected chi connectivity index (χ4v) is 1.25. The smallest absolute Gasteiger partial charge is 0.331 e. The van der Waals surface area contributed by atoms with E-state index in [1.165, 1.54) is 0 Å². The number of Topliss-reactive ketones (excluding diaryl/α,β-unsaturated/α-hetero) is 2. The zero-order valence-corrected chi connectivity index (χ0v) is 9.23. The molecule has 6 nitrogen and oxygen atoms in total. The lowest BCUT2D eigenvalue weighted by molar-refractivity contribution is -0.149. The second-order valence-corrected chi connectivity index (χ2v) is 3.64. The second kappa shape index (κ2) is 6.34. The van der Waals surface area contributed by atoms with Crippen molar-refractivity contribution in [3.63, 3.8) is 0 Å². The molecule has 0 fully saturated rings. The average Bonchev–Trinajstić information content (AvgIpc) is 2.17. The van der Waals surface area contributed by atoms with E-state index in [-0.39, 0.29) is 18.6 Å². The molecule has 0 aromatic rings. The lowest BCUT2D eigenvalue weighted by atomic mass is 9.88. The molecule has 0 aromatic carbocycles. The summed E-state index contributed by atoms with van der Waals surface area (Å²) in [4.78, 5) is 33.6. The number of ketones is 2. The minimum Gasteiger partial charge on any atom is -0.480 e. The molecule has 0 bridgehead atoms. The molecule has 0 saturated carbocycles. The fraction of sp³-hybridized carbons (Fsp3) is 0.700. The Labute approximate surface area is 93.4 Å². The maximum absolute atomic E-state index is 11.5. The Balaban J connectivity index is 4.63. The van der Waals surface area contributed by atoms with Crippen molar-refractivity contribution in [3.05, 3.63) is 0 Å². The van der Waals surface area contributed by atoms with Crippen molar-refractivity contribution in [2.45, 2.75) is 38.1 Å². The minimum atomic E-state index is -2.15. The zero-order chi connectivity index (χ0) is 12.8. The largest absolute Gasteiger partial charge is 0.480 e. The van der Waals surface area contributed by atoms with Gasteiger partial charge in [0.05, 0.1) is 6.42 Å². The van der Waals surface area contributed by atoms with Crippen LogP contribution in [0.2, 0.25) is 0 Å². The van der Waals surface area contributed by atoms with Crippen molar-refractivity contribution in [2.24, 2.45) is 5.73 Å². The molecule has 1 atom stereocenters. The Hall–Kier alpha value is -1.27. The van der Waals surface area contributed by atoms with E-state index in [2.05, 4.69) is 0 Å². The van der Waals surface area contributed by atoms with Crippen LogP contribution < -0.4 is 5.73 Å². The molecular weight excluding hydrogens is 214 g/mol. The van der Waals surface area contributed by atoms with E-state index in [9.17, 15) is 14.4 Å². The van der Waals surface area contributed by atoms with Crippen LogP contribution in [0.3, 0.4) is 0 Å². The molecule has 0 rings (SSSR count). The standard InChI is InChI=1S/C10H17NO5/c1-2-3-7(13)6-8(14)10(11,4-5-12)9(15)16/h12H,2-6,11H2,1H3,(H,15,16)/t10-/m1/s1. The summed E-state index contributed by atoms with van der Waals surface area (Å²) in [6.07, 6.45) is -0.0610. The van der Waals surface area contributed by atoms with Crippen LogP contribution in [0.1, 0.15) is 32.6 Å². The number of aliphatic hydroxyl groups excluding tert-OH is 1. The summed E-state index contributed by atoms with van der Waals surface area (Å²) in [5.41, 5.74) is 3.22. The molecule has 0 heterocycles. The summed E-state index contributed by atoms with van der Waals surface area (Å²) in [7, 11) is 0. The molecule has 0 aliphatic carbocycles. The van der Waals surface area contributed by atoms with Crippen molar-refractivity contribution in [3.8, 4) is 0 Å². The molecule has 0 amide bonds. The van der Waals surface area contributed by atoms with Gasteiger partial charge in [-0.25, -0.2) is 4.79 Å². The Morgan fingerprint density at radius 3 is 2.25 bits per heavy atom. The number of carboxylic acids is 1. The normalized spacial score (nSPS) is 14.2. The predicted molar refractivity (Wildman–Crippen MR) is 55.8 cm³/mol. The first kappa shape index (κ1) is 14.7.